The Balaban J connectivity index is 1.26. The molecule has 0 nitrogen and oxygen atoms in total. The second kappa shape index (κ2) is 8.91. The van der Waals surface area contributed by atoms with Gasteiger partial charge in [-0.3, -0.25) is 0 Å². The van der Waals surface area contributed by atoms with Crippen LogP contribution in [0.25, 0.3) is 66.0 Å². The third kappa shape index (κ3) is 4.15. The van der Waals surface area contributed by atoms with E-state index in [4.69, 9.17) is 0 Å². The van der Waals surface area contributed by atoms with E-state index in [9.17, 15) is 0 Å². The van der Waals surface area contributed by atoms with Gasteiger partial charge in [-0.2, -0.15) is 0 Å². The molecular weight excluding hydrogens is 473 g/mol. The van der Waals surface area contributed by atoms with Crippen LogP contribution in [-0.4, -0.2) is 0 Å². The largest absolute Gasteiger partial charge is 0.136 e. The molecular formula is C34H22S2. The van der Waals surface area contributed by atoms with Crippen LogP contribution in [0.5, 0.6) is 0 Å². The monoisotopic (exact) mass is 494 g/mol. The molecule has 0 spiro atoms. The van der Waals surface area contributed by atoms with Crippen LogP contribution in [0.4, 0.5) is 0 Å². The van der Waals surface area contributed by atoms with Gasteiger partial charge in [0.2, 0.25) is 0 Å². The maximum absolute atomic E-state index is 2.35. The Bertz CT molecular complexity index is 1690. The van der Waals surface area contributed by atoms with Crippen LogP contribution < -0.4 is 0 Å². The van der Waals surface area contributed by atoms with E-state index >= 15 is 0 Å². The van der Waals surface area contributed by atoms with Crippen molar-refractivity contribution >= 4 is 88.7 Å². The van der Waals surface area contributed by atoms with Crippen molar-refractivity contribution in [1.29, 1.82) is 0 Å². The summed E-state index contributed by atoms with van der Waals surface area (Å²) >= 11 is 3.71. The predicted octanol–water partition coefficient (Wildman–Crippen LogP) is 10.8. The lowest BCUT2D eigenvalue weighted by Crippen LogP contribution is -1.77. The van der Waals surface area contributed by atoms with Gasteiger partial charge in [-0.05, 0) is 104 Å². The van der Waals surface area contributed by atoms with Gasteiger partial charge in [0.05, 0.1) is 0 Å². The van der Waals surface area contributed by atoms with Crippen LogP contribution in [0, 0.1) is 0 Å². The number of hydrogen-bond acceptors (Lipinski definition) is 2. The van der Waals surface area contributed by atoms with Gasteiger partial charge in [0, 0.05) is 19.2 Å². The Morgan fingerprint density at radius 1 is 0.361 bits per heavy atom. The van der Waals surface area contributed by atoms with Crippen molar-refractivity contribution in [3.8, 4) is 0 Å². The van der Waals surface area contributed by atoms with E-state index in [0.717, 1.165) is 0 Å². The molecule has 0 saturated heterocycles. The van der Waals surface area contributed by atoms with Crippen molar-refractivity contribution in [1.82, 2.24) is 0 Å². The zero-order valence-electron chi connectivity index (χ0n) is 19.5. The fourth-order valence-corrected chi connectivity index (χ4v) is 6.76. The molecule has 7 aromatic rings. The third-order valence-electron chi connectivity index (χ3n) is 6.58. The third-order valence-corrected chi connectivity index (χ3v) is 8.71. The van der Waals surface area contributed by atoms with E-state index in [1.165, 1.54) is 62.6 Å². The average Bonchev–Trinajstić information content (AvgIpc) is 3.50. The molecule has 7 rings (SSSR count). The summed E-state index contributed by atoms with van der Waals surface area (Å²) in [5, 5.41) is 7.82. The Morgan fingerprint density at radius 3 is 1.19 bits per heavy atom. The summed E-state index contributed by atoms with van der Waals surface area (Å²) in [6.45, 7) is 0. The van der Waals surface area contributed by atoms with E-state index in [-0.39, 0.29) is 0 Å². The summed E-state index contributed by atoms with van der Waals surface area (Å²) in [5.74, 6) is 0. The number of hydrogen-bond donors (Lipinski definition) is 0. The number of thiophene rings is 2. The molecule has 0 N–H and O–H groups in total. The molecule has 2 aromatic heterocycles. The molecule has 0 aliphatic heterocycles. The highest BCUT2D eigenvalue weighted by Crippen LogP contribution is 2.36. The van der Waals surface area contributed by atoms with Crippen molar-refractivity contribution in [2.75, 3.05) is 0 Å². The van der Waals surface area contributed by atoms with Gasteiger partial charge in [-0.1, -0.05) is 72.8 Å². The Morgan fingerprint density at radius 2 is 0.750 bits per heavy atom. The summed E-state index contributed by atoms with van der Waals surface area (Å²) in [6.07, 6.45) is 8.82. The van der Waals surface area contributed by atoms with Gasteiger partial charge < -0.3 is 0 Å². The van der Waals surface area contributed by atoms with Gasteiger partial charge in [0.15, 0.2) is 0 Å². The normalized spacial score (nSPS) is 12.2. The first kappa shape index (κ1) is 21.3. The van der Waals surface area contributed by atoms with E-state index < -0.39 is 0 Å². The van der Waals surface area contributed by atoms with E-state index in [0.29, 0.717) is 0 Å². The molecule has 36 heavy (non-hydrogen) atoms. The first-order chi connectivity index (χ1) is 17.8. The molecule has 2 heterocycles. The van der Waals surface area contributed by atoms with Crippen LogP contribution in [0.1, 0.15) is 20.9 Å². The maximum Gasteiger partial charge on any atom is 0.0355 e. The SMILES string of the molecule is C(=C\c1cc2cc3cc4cc5sc(/C=C/c6ccccc6)cc5cc4cc3cc2s1)/c1ccccc1. The smallest absolute Gasteiger partial charge is 0.0355 e. The van der Waals surface area contributed by atoms with Crippen LogP contribution in [0.3, 0.4) is 0 Å². The van der Waals surface area contributed by atoms with Crippen molar-refractivity contribution in [2.45, 2.75) is 0 Å². The maximum atomic E-state index is 2.35. The van der Waals surface area contributed by atoms with Crippen molar-refractivity contribution < 1.29 is 0 Å². The van der Waals surface area contributed by atoms with Gasteiger partial charge in [0.25, 0.3) is 0 Å². The Kier molecular flexibility index (Phi) is 5.27. The molecule has 0 atom stereocenters. The second-order valence-corrected chi connectivity index (χ2v) is 11.3. The first-order valence-corrected chi connectivity index (χ1v) is 13.7. The average molecular weight is 495 g/mol. The van der Waals surface area contributed by atoms with Crippen molar-refractivity contribution in [2.24, 2.45) is 0 Å². The number of rotatable bonds is 4. The number of benzene rings is 5. The summed E-state index contributed by atoms with van der Waals surface area (Å²) in [7, 11) is 0. The fourth-order valence-electron chi connectivity index (χ4n) is 4.77. The molecule has 0 saturated carbocycles. The van der Waals surface area contributed by atoms with Crippen LogP contribution in [0.15, 0.2) is 109 Å². The topological polar surface area (TPSA) is 0 Å². The zero-order valence-corrected chi connectivity index (χ0v) is 21.2. The molecule has 0 aliphatic rings. The molecule has 0 unspecified atom stereocenters. The Labute approximate surface area is 218 Å². The second-order valence-electron chi connectivity index (χ2n) is 9.11. The summed E-state index contributed by atoms with van der Waals surface area (Å²) in [4.78, 5) is 2.57. The van der Waals surface area contributed by atoms with Gasteiger partial charge in [-0.15, -0.1) is 22.7 Å². The minimum absolute atomic E-state index is 1.23. The zero-order chi connectivity index (χ0) is 23.9. The van der Waals surface area contributed by atoms with Crippen LogP contribution in [-0.2, 0) is 0 Å². The summed E-state index contributed by atoms with van der Waals surface area (Å²) < 4.78 is 2.67. The fraction of sp³-hybridized carbons (Fsp3) is 0. The highest BCUT2D eigenvalue weighted by Gasteiger charge is 2.07. The van der Waals surface area contributed by atoms with Crippen molar-refractivity contribution in [3.63, 3.8) is 0 Å². The highest BCUT2D eigenvalue weighted by molar-refractivity contribution is 7.20. The minimum Gasteiger partial charge on any atom is -0.136 e. The standard InChI is InChI=1S/C34H22S2/c1-3-7-23(8-4-1)11-13-31-19-29-17-25-15-28-22-34-30(18-26(28)16-27(25)21-33(29)35-31)20-32(36-34)14-12-24-9-5-2-6-10-24/h1-22H/b13-11+,14-12+. The highest BCUT2D eigenvalue weighted by atomic mass is 32.1. The molecule has 170 valence electrons. The Hall–Kier alpha value is -3.98. The molecule has 0 bridgehead atoms. The number of fused-ring (bicyclic) bond motifs is 4. The lowest BCUT2D eigenvalue weighted by atomic mass is 10.0. The molecule has 2 heteroatoms. The van der Waals surface area contributed by atoms with Gasteiger partial charge in [-0.25, -0.2) is 0 Å². The van der Waals surface area contributed by atoms with Crippen molar-refractivity contribution in [3.05, 3.63) is 130 Å². The summed E-state index contributed by atoms with van der Waals surface area (Å²) in [5.41, 5.74) is 2.45. The molecule has 5 aromatic carbocycles. The summed E-state index contributed by atoms with van der Waals surface area (Å²) in [6, 6.07) is 39.6. The lowest BCUT2D eigenvalue weighted by Gasteiger charge is -2.04. The molecule has 0 radical (unpaired) electrons. The minimum atomic E-state index is 1.23. The van der Waals surface area contributed by atoms with E-state index in [2.05, 4.69) is 133 Å². The van der Waals surface area contributed by atoms with E-state index in [1.54, 1.807) is 0 Å². The molecule has 0 aliphatic carbocycles. The quantitative estimate of drug-likeness (QED) is 0.213. The first-order valence-electron chi connectivity index (χ1n) is 12.1. The van der Waals surface area contributed by atoms with E-state index in [1.807, 2.05) is 22.7 Å². The predicted molar refractivity (Wildman–Crippen MR) is 163 cm³/mol. The molecule has 0 fully saturated rings. The van der Waals surface area contributed by atoms with Gasteiger partial charge >= 0.3 is 0 Å². The lowest BCUT2D eigenvalue weighted by molar-refractivity contribution is 1.67. The van der Waals surface area contributed by atoms with Crippen LogP contribution in [0.2, 0.25) is 0 Å². The molecule has 0 amide bonds. The van der Waals surface area contributed by atoms with Gasteiger partial charge in [0.1, 0.15) is 0 Å². The van der Waals surface area contributed by atoms with Crippen LogP contribution >= 0.6 is 22.7 Å².